The minimum absolute atomic E-state index is 0.0549. The molecule has 0 aliphatic carbocycles. The van der Waals surface area contributed by atoms with Gasteiger partial charge >= 0.3 is 0 Å². The highest BCUT2D eigenvalue weighted by molar-refractivity contribution is 5.82. The summed E-state index contributed by atoms with van der Waals surface area (Å²) in [7, 11) is 1.71. The van der Waals surface area contributed by atoms with E-state index in [1.165, 1.54) is 0 Å². The number of amides is 1. The van der Waals surface area contributed by atoms with Gasteiger partial charge in [-0.3, -0.25) is 9.69 Å². The van der Waals surface area contributed by atoms with Gasteiger partial charge in [-0.1, -0.05) is 32.9 Å². The lowest BCUT2D eigenvalue weighted by molar-refractivity contribution is -0.132. The van der Waals surface area contributed by atoms with Crippen LogP contribution in [0.15, 0.2) is 24.3 Å². The number of nitrogens with one attached hydrogen (secondary N) is 1. The van der Waals surface area contributed by atoms with Crippen molar-refractivity contribution >= 4 is 5.91 Å². The molecule has 2 aliphatic heterocycles. The number of carbonyl (C=O) groups is 1. The lowest BCUT2D eigenvalue weighted by Crippen LogP contribution is -2.49. The molecule has 1 N–H and O–H groups in total. The van der Waals surface area contributed by atoms with Crippen LogP contribution in [0.1, 0.15) is 33.6 Å². The van der Waals surface area contributed by atoms with E-state index in [1.54, 1.807) is 7.05 Å². The van der Waals surface area contributed by atoms with Gasteiger partial charge in [0.1, 0.15) is 12.7 Å². The third kappa shape index (κ3) is 4.20. The summed E-state index contributed by atoms with van der Waals surface area (Å²) in [6.45, 7) is 9.33. The van der Waals surface area contributed by atoms with Crippen LogP contribution in [0.5, 0.6) is 11.5 Å². The molecule has 0 aromatic heterocycles. The van der Waals surface area contributed by atoms with Crippen molar-refractivity contribution in [1.82, 2.24) is 10.2 Å². The number of hydrogen-bond acceptors (Lipinski definition) is 4. The van der Waals surface area contributed by atoms with E-state index in [2.05, 4.69) is 17.1 Å². The Balaban J connectivity index is 0.00000100. The number of hydrogen-bond donors (Lipinski definition) is 1. The Labute approximate surface area is 145 Å². The van der Waals surface area contributed by atoms with Crippen molar-refractivity contribution in [3.8, 4) is 11.5 Å². The molecule has 0 spiro atoms. The maximum atomic E-state index is 11.9. The summed E-state index contributed by atoms with van der Waals surface area (Å²) >= 11 is 0. The lowest BCUT2D eigenvalue weighted by atomic mass is 9.79. The summed E-state index contributed by atoms with van der Waals surface area (Å²) in [6, 6.07) is 7.79. The van der Waals surface area contributed by atoms with E-state index in [4.69, 9.17) is 9.47 Å². The molecule has 1 aromatic rings. The topological polar surface area (TPSA) is 50.8 Å². The SMILES string of the molecule is CC.CNC(=O)C1(C)CCN(CC2COc3ccccc3O2)CC1. The van der Waals surface area contributed by atoms with E-state index < -0.39 is 0 Å². The predicted molar refractivity (Wildman–Crippen MR) is 95.5 cm³/mol. The van der Waals surface area contributed by atoms with E-state index in [0.29, 0.717) is 6.61 Å². The van der Waals surface area contributed by atoms with Gasteiger partial charge in [0.05, 0.1) is 0 Å². The molecule has 1 unspecified atom stereocenters. The van der Waals surface area contributed by atoms with E-state index in [9.17, 15) is 4.79 Å². The van der Waals surface area contributed by atoms with Gasteiger partial charge in [-0.2, -0.15) is 0 Å². The van der Waals surface area contributed by atoms with E-state index in [-0.39, 0.29) is 17.4 Å². The average molecular weight is 334 g/mol. The fourth-order valence-corrected chi connectivity index (χ4v) is 3.20. The summed E-state index contributed by atoms with van der Waals surface area (Å²) in [6.07, 6.45) is 1.83. The largest absolute Gasteiger partial charge is 0.486 e. The fraction of sp³-hybridized carbons (Fsp3) is 0.632. The molecular weight excluding hydrogens is 304 g/mol. The minimum atomic E-state index is -0.234. The van der Waals surface area contributed by atoms with Crippen LogP contribution in [0.2, 0.25) is 0 Å². The van der Waals surface area contributed by atoms with Gasteiger partial charge in [0.25, 0.3) is 0 Å². The molecule has 5 heteroatoms. The molecule has 5 nitrogen and oxygen atoms in total. The molecule has 1 saturated heterocycles. The molecule has 1 fully saturated rings. The van der Waals surface area contributed by atoms with Gasteiger partial charge in [-0.15, -0.1) is 0 Å². The smallest absolute Gasteiger partial charge is 0.225 e. The van der Waals surface area contributed by atoms with E-state index in [1.807, 2.05) is 38.1 Å². The van der Waals surface area contributed by atoms with Gasteiger partial charge in [0, 0.05) is 19.0 Å². The lowest BCUT2D eigenvalue weighted by Gasteiger charge is -2.39. The predicted octanol–water partition coefficient (Wildman–Crippen LogP) is 2.70. The Morgan fingerprint density at radius 2 is 1.88 bits per heavy atom. The molecule has 2 aliphatic rings. The van der Waals surface area contributed by atoms with Crippen molar-refractivity contribution in [1.29, 1.82) is 0 Å². The van der Waals surface area contributed by atoms with Crippen LogP contribution in [-0.4, -0.2) is 50.2 Å². The number of piperidine rings is 1. The summed E-state index contributed by atoms with van der Waals surface area (Å²) in [5.74, 6) is 1.80. The second-order valence-electron chi connectivity index (χ2n) is 6.44. The van der Waals surface area contributed by atoms with Crippen molar-refractivity contribution in [3.05, 3.63) is 24.3 Å². The van der Waals surface area contributed by atoms with Crippen LogP contribution in [0.4, 0.5) is 0 Å². The Bertz CT molecular complexity index is 539. The van der Waals surface area contributed by atoms with Gasteiger partial charge in [0.2, 0.25) is 5.91 Å². The number of ether oxygens (including phenoxy) is 2. The number of benzene rings is 1. The Morgan fingerprint density at radius 1 is 1.25 bits per heavy atom. The highest BCUT2D eigenvalue weighted by Crippen LogP contribution is 2.33. The number of nitrogens with zero attached hydrogens (tertiary/aromatic N) is 1. The first kappa shape index (κ1) is 18.6. The Morgan fingerprint density at radius 3 is 2.50 bits per heavy atom. The van der Waals surface area contributed by atoms with Crippen LogP contribution in [0.25, 0.3) is 0 Å². The first-order valence-corrected chi connectivity index (χ1v) is 8.94. The van der Waals surface area contributed by atoms with Gasteiger partial charge in [-0.05, 0) is 38.1 Å². The van der Waals surface area contributed by atoms with Gasteiger partial charge in [-0.25, -0.2) is 0 Å². The summed E-state index contributed by atoms with van der Waals surface area (Å²) in [5.41, 5.74) is -0.234. The molecule has 0 bridgehead atoms. The zero-order chi connectivity index (χ0) is 17.6. The molecule has 1 atom stereocenters. The third-order valence-electron chi connectivity index (χ3n) is 4.76. The van der Waals surface area contributed by atoms with Crippen molar-refractivity contribution in [2.75, 3.05) is 33.3 Å². The first-order chi connectivity index (χ1) is 11.6. The molecule has 0 saturated carbocycles. The highest BCUT2D eigenvalue weighted by Gasteiger charge is 2.37. The number of carbonyl (C=O) groups excluding carboxylic acids is 1. The second-order valence-corrected chi connectivity index (χ2v) is 6.44. The zero-order valence-corrected chi connectivity index (χ0v) is 15.3. The van der Waals surface area contributed by atoms with Crippen LogP contribution in [0.3, 0.4) is 0 Å². The number of para-hydroxylation sites is 2. The van der Waals surface area contributed by atoms with E-state index >= 15 is 0 Å². The minimum Gasteiger partial charge on any atom is -0.486 e. The van der Waals surface area contributed by atoms with E-state index in [0.717, 1.165) is 44.0 Å². The Hall–Kier alpha value is -1.75. The first-order valence-electron chi connectivity index (χ1n) is 8.94. The quantitative estimate of drug-likeness (QED) is 0.923. The van der Waals surface area contributed by atoms with Crippen molar-refractivity contribution in [3.63, 3.8) is 0 Å². The van der Waals surface area contributed by atoms with Crippen LogP contribution < -0.4 is 14.8 Å². The molecule has 1 aromatic carbocycles. The fourth-order valence-electron chi connectivity index (χ4n) is 3.20. The normalized spacial score (nSPS) is 22.1. The molecule has 2 heterocycles. The number of likely N-dealkylation sites (tertiary alicyclic amines) is 1. The Kier molecular flexibility index (Phi) is 6.49. The summed E-state index contributed by atoms with van der Waals surface area (Å²) < 4.78 is 11.8. The van der Waals surface area contributed by atoms with Crippen LogP contribution >= 0.6 is 0 Å². The third-order valence-corrected chi connectivity index (χ3v) is 4.76. The molecule has 134 valence electrons. The molecule has 24 heavy (non-hydrogen) atoms. The van der Waals surface area contributed by atoms with Gasteiger partial charge in [0.15, 0.2) is 11.5 Å². The second kappa shape index (κ2) is 8.38. The maximum absolute atomic E-state index is 11.9. The van der Waals surface area contributed by atoms with Crippen LogP contribution in [0, 0.1) is 5.41 Å². The highest BCUT2D eigenvalue weighted by atomic mass is 16.6. The van der Waals surface area contributed by atoms with Crippen LogP contribution in [-0.2, 0) is 4.79 Å². The van der Waals surface area contributed by atoms with Gasteiger partial charge < -0.3 is 14.8 Å². The van der Waals surface area contributed by atoms with Crippen molar-refractivity contribution in [2.24, 2.45) is 5.41 Å². The van der Waals surface area contributed by atoms with Crippen molar-refractivity contribution in [2.45, 2.75) is 39.7 Å². The maximum Gasteiger partial charge on any atom is 0.225 e. The summed E-state index contributed by atoms with van der Waals surface area (Å²) in [5, 5.41) is 2.78. The number of fused-ring (bicyclic) bond motifs is 1. The zero-order valence-electron chi connectivity index (χ0n) is 15.3. The average Bonchev–Trinajstić information content (AvgIpc) is 2.64. The summed E-state index contributed by atoms with van der Waals surface area (Å²) in [4.78, 5) is 14.3. The standard InChI is InChI=1S/C17H24N2O3.C2H6/c1-17(16(20)18-2)7-9-19(10-8-17)11-13-12-21-14-5-3-4-6-15(14)22-13;1-2/h3-6,13H,7-12H2,1-2H3,(H,18,20);1-2H3. The molecule has 1 amide bonds. The monoisotopic (exact) mass is 334 g/mol. The number of rotatable bonds is 3. The molecule has 3 rings (SSSR count). The molecular formula is C19H30N2O3. The van der Waals surface area contributed by atoms with Crippen molar-refractivity contribution < 1.29 is 14.3 Å². The molecule has 0 radical (unpaired) electrons.